The van der Waals surface area contributed by atoms with Crippen LogP contribution in [0.3, 0.4) is 0 Å². The second-order valence-electron chi connectivity index (χ2n) is 31.7. The number of hydrogen-bond acceptors (Lipinski definition) is 11. The van der Waals surface area contributed by atoms with Crippen molar-refractivity contribution in [1.82, 2.24) is 34.9 Å². The number of aliphatic hydroxyl groups excluding tert-OH is 1. The summed E-state index contributed by atoms with van der Waals surface area (Å²) in [5, 5.41) is 12.9. The molecule has 0 saturated carbocycles. The van der Waals surface area contributed by atoms with Crippen LogP contribution < -0.4 is 0 Å². The van der Waals surface area contributed by atoms with Crippen LogP contribution >= 0.6 is 0 Å². The first-order valence-corrected chi connectivity index (χ1v) is 43.7. The molecule has 0 aliphatic carbocycles. The molecule has 0 bridgehead atoms. The Balaban J connectivity index is 0.000000164. The van der Waals surface area contributed by atoms with Crippen molar-refractivity contribution in [2.75, 3.05) is 0 Å². The summed E-state index contributed by atoms with van der Waals surface area (Å²) in [5.74, 6) is 0.531. The number of benzene rings is 12. The summed E-state index contributed by atoms with van der Waals surface area (Å²) in [7, 11) is 0. The molecular weight excluding hydrogens is 2380 g/mol. The standard InChI is InChI=1S/C24H16NO.C21H18NO.C19H16N.C18H14N.C12H10N.2C11H8N.C5H8O2.4Ir/c1-16-7-5-10-19-20-11-6-12-21(24(20)26-23(16)19)22-15-18(13-14-25-22)17-8-3-2-4-9-17;1-14(2)13-15-7-5-8-16-17-9-6-10-18(21(17)23-20(15)16)19-11-3-4-12-22-19;1-14-10-15(2)12-18(11-14)17-8-9-20-19(13-17)16-6-4-3-5-7-16;1-14-12-18(16-10-6-3-7-11-16)19-13-17(14)15-8-4-2-5-9-15;1-10-7-8-12(13-9-10)11-5-3-2-4-6-11;2*1-2-6-10(7-3-1)11-8-4-5-9-12-11;1-4(6)3-5(2)7;;;;/h2-11,13-15H,1H3;3-9,11-12,14H,13H2,1-2H3;3-6,8-13H,1-2H3;2-10,12-13H,1H3;2-5,7-9H,1H3;2*1-6,8-9H;3,6H,1-2H3;;;;/q7*-1;;;;;. The molecule has 0 aliphatic rings. The molecule has 1 N–H and O–H groups in total. The number of carbonyl (C=O) groups is 1. The zero-order valence-corrected chi connectivity index (χ0v) is 86.2. The first kappa shape index (κ1) is 104. The summed E-state index contributed by atoms with van der Waals surface area (Å²) in [5.41, 5.74) is 31.8. The molecule has 9 aromatic heterocycles. The predicted molar refractivity (Wildman–Crippen MR) is 540 cm³/mol. The summed E-state index contributed by atoms with van der Waals surface area (Å²) in [6, 6.07) is 142. The van der Waals surface area contributed by atoms with Crippen molar-refractivity contribution in [3.05, 3.63) is 489 Å². The summed E-state index contributed by atoms with van der Waals surface area (Å²) in [6.45, 7) is 17.8. The molecule has 21 rings (SSSR count). The number of para-hydroxylation sites is 2. The van der Waals surface area contributed by atoms with E-state index in [1.165, 1.54) is 80.9 Å². The Bertz CT molecular complexity index is 7100. The maximum absolute atomic E-state index is 10.0. The van der Waals surface area contributed by atoms with E-state index >= 15 is 0 Å². The SMILES string of the molecule is CC(=O)C=C(C)O.CC(C)Cc1cccc2c1oc1c(-c3ccccn3)[c-]ccc12.Cc1cc(-c2[c-]cccc2)ncc1-c1ccccc1.Cc1cc(C)cc(-c2ccnc(-c3[c-]cccc3)c2)c1.Cc1ccc(-c2[c-]cccc2)nc1.Cc1cccc2c1oc1c(-c3cc(-c4ccccc4)ccn3)[c-]ccc12.[Ir].[Ir].[Ir].[Ir].[c-]1ccccc1-c1ccccn1.[c-]1ccccc1-c1ccccn1. The van der Waals surface area contributed by atoms with Crippen molar-refractivity contribution >= 4 is 49.7 Å². The maximum Gasteiger partial charge on any atom is 0.155 e. The molecule has 0 saturated heterocycles. The molecule has 0 unspecified atom stereocenters. The third-order valence-electron chi connectivity index (χ3n) is 21.0. The fourth-order valence-corrected chi connectivity index (χ4v) is 14.8. The zero-order valence-electron chi connectivity index (χ0n) is 76.6. The third-order valence-corrected chi connectivity index (χ3v) is 21.0. The molecule has 0 spiro atoms. The van der Waals surface area contributed by atoms with Gasteiger partial charge in [0.1, 0.15) is 11.2 Å². The molecule has 15 heteroatoms. The first-order valence-electron chi connectivity index (χ1n) is 43.7. The van der Waals surface area contributed by atoms with Gasteiger partial charge in [-0.2, -0.15) is 0 Å². The number of fused-ring (bicyclic) bond motifs is 6. The Morgan fingerprint density at radius 2 is 0.713 bits per heavy atom. The molecule has 684 valence electrons. The first-order chi connectivity index (χ1) is 64.5. The molecule has 136 heavy (non-hydrogen) atoms. The minimum Gasteiger partial charge on any atom is -0.512 e. The molecular formula is C121H98Ir4N7O4-7. The molecule has 0 aliphatic heterocycles. The number of aliphatic hydroxyl groups is 1. The second kappa shape index (κ2) is 53.3. The molecule has 0 amide bonds. The van der Waals surface area contributed by atoms with Crippen LogP contribution in [0.5, 0.6) is 0 Å². The van der Waals surface area contributed by atoms with E-state index in [4.69, 9.17) is 13.9 Å². The fourth-order valence-electron chi connectivity index (χ4n) is 14.8. The van der Waals surface area contributed by atoms with Crippen molar-refractivity contribution in [3.63, 3.8) is 0 Å². The van der Waals surface area contributed by atoms with Gasteiger partial charge in [0.05, 0.1) is 16.9 Å². The molecule has 21 aromatic rings. The summed E-state index contributed by atoms with van der Waals surface area (Å²) in [6.07, 6.45) is 15.1. The Hall–Kier alpha value is -13.9. The maximum atomic E-state index is 10.0. The van der Waals surface area contributed by atoms with Crippen molar-refractivity contribution in [1.29, 1.82) is 0 Å². The minimum absolute atomic E-state index is 0. The Kier molecular flexibility index (Phi) is 40.8. The summed E-state index contributed by atoms with van der Waals surface area (Å²) in [4.78, 5) is 40.8. The average Bonchev–Trinajstić information content (AvgIpc) is 1.61. The summed E-state index contributed by atoms with van der Waals surface area (Å²) < 4.78 is 12.5. The average molecular weight is 2480 g/mol. The van der Waals surface area contributed by atoms with Gasteiger partial charge >= 0.3 is 0 Å². The van der Waals surface area contributed by atoms with Gasteiger partial charge in [0.25, 0.3) is 0 Å². The number of rotatable bonds is 13. The number of carbonyl (C=O) groups excluding carboxylic acids is 1. The summed E-state index contributed by atoms with van der Waals surface area (Å²) >= 11 is 0. The Morgan fingerprint density at radius 1 is 0.309 bits per heavy atom. The normalized spacial score (nSPS) is 10.4. The molecule has 9 heterocycles. The number of ketones is 1. The number of allylic oxidation sites excluding steroid dienone is 2. The number of nitrogens with zero attached hydrogens (tertiary/aromatic N) is 7. The van der Waals surface area contributed by atoms with Gasteiger partial charge in [0, 0.05) is 146 Å². The minimum atomic E-state index is -0.125. The monoisotopic (exact) mass is 2480 g/mol. The van der Waals surface area contributed by atoms with E-state index in [-0.39, 0.29) is 92.0 Å². The third kappa shape index (κ3) is 29.3. The van der Waals surface area contributed by atoms with Crippen molar-refractivity contribution in [2.45, 2.75) is 68.7 Å². The van der Waals surface area contributed by atoms with Gasteiger partial charge in [-0.3, -0.25) is 4.79 Å². The van der Waals surface area contributed by atoms with E-state index < -0.39 is 0 Å². The largest absolute Gasteiger partial charge is 0.512 e. The van der Waals surface area contributed by atoms with E-state index in [9.17, 15) is 4.79 Å². The van der Waals surface area contributed by atoms with Crippen LogP contribution in [0.15, 0.2) is 422 Å². The van der Waals surface area contributed by atoms with Crippen molar-refractivity contribution in [2.24, 2.45) is 5.92 Å². The van der Waals surface area contributed by atoms with Gasteiger partial charge in [-0.25, -0.2) is 0 Å². The fraction of sp³-hybridized carbons (Fsp3) is 0.0909. The van der Waals surface area contributed by atoms with Gasteiger partial charge in [-0.15, -0.1) is 216 Å². The zero-order chi connectivity index (χ0) is 91.8. The van der Waals surface area contributed by atoms with Crippen molar-refractivity contribution in [3.8, 4) is 112 Å². The number of furan rings is 2. The van der Waals surface area contributed by atoms with Crippen LogP contribution in [-0.2, 0) is 91.6 Å². The van der Waals surface area contributed by atoms with Gasteiger partial charge in [-0.05, 0) is 181 Å². The van der Waals surface area contributed by atoms with Gasteiger partial charge in [0.2, 0.25) is 0 Å². The number of aromatic nitrogens is 7. The van der Waals surface area contributed by atoms with Crippen LogP contribution in [-0.4, -0.2) is 45.8 Å². The molecule has 12 aromatic carbocycles. The van der Waals surface area contributed by atoms with Crippen molar-refractivity contribution < 1.29 is 99.2 Å². The number of aryl methyl sites for hydroxylation is 5. The molecule has 11 nitrogen and oxygen atoms in total. The van der Waals surface area contributed by atoms with Gasteiger partial charge in [0.15, 0.2) is 5.78 Å². The van der Waals surface area contributed by atoms with Gasteiger partial charge < -0.3 is 48.8 Å². The van der Waals surface area contributed by atoms with E-state index in [1.807, 2.05) is 268 Å². The quantitative estimate of drug-likeness (QED) is 0.0666. The topological polar surface area (TPSA) is 154 Å². The van der Waals surface area contributed by atoms with E-state index in [1.54, 1.807) is 18.6 Å². The number of hydrogen-bond donors (Lipinski definition) is 1. The smallest absolute Gasteiger partial charge is 0.155 e. The van der Waals surface area contributed by atoms with Crippen LogP contribution in [0.1, 0.15) is 61.1 Å². The van der Waals surface area contributed by atoms with E-state index in [2.05, 4.69) is 240 Å². The molecule has 4 radical (unpaired) electrons. The van der Waals surface area contributed by atoms with Crippen LogP contribution in [0.2, 0.25) is 0 Å². The van der Waals surface area contributed by atoms with Crippen LogP contribution in [0.4, 0.5) is 0 Å². The second-order valence-corrected chi connectivity index (χ2v) is 31.7. The van der Waals surface area contributed by atoms with Gasteiger partial charge in [-0.1, -0.05) is 229 Å². The van der Waals surface area contributed by atoms with Crippen LogP contribution in [0, 0.1) is 83.0 Å². The van der Waals surface area contributed by atoms with E-state index in [0.717, 1.165) is 135 Å². The number of pyridine rings is 7. The molecule has 0 atom stereocenters. The van der Waals surface area contributed by atoms with E-state index in [0.29, 0.717) is 5.92 Å². The Morgan fingerprint density at radius 3 is 1.16 bits per heavy atom. The molecule has 0 fully saturated rings. The Labute approximate surface area is 852 Å². The van der Waals surface area contributed by atoms with Crippen LogP contribution in [0.25, 0.3) is 156 Å². The predicted octanol–water partition coefficient (Wildman–Crippen LogP) is 30.4.